The molecule has 0 saturated carbocycles. The van der Waals surface area contributed by atoms with Crippen LogP contribution in [0.5, 0.6) is 11.5 Å². The van der Waals surface area contributed by atoms with Gasteiger partial charge in [0.2, 0.25) is 15.9 Å². The number of carbonyl (C=O) groups excluding carboxylic acids is 1. The van der Waals surface area contributed by atoms with Crippen molar-refractivity contribution in [3.8, 4) is 11.5 Å². The highest BCUT2D eigenvalue weighted by Gasteiger charge is 2.14. The third kappa shape index (κ3) is 6.82. The average Bonchev–Trinajstić information content (AvgIpc) is 3.26. The molecule has 3 rings (SSSR count). The second-order valence-electron chi connectivity index (χ2n) is 6.74. The van der Waals surface area contributed by atoms with Crippen LogP contribution in [0.4, 0.5) is 0 Å². The molecule has 174 valence electrons. The van der Waals surface area contributed by atoms with E-state index in [-0.39, 0.29) is 23.8 Å². The maximum absolute atomic E-state index is 12.3. The minimum absolute atomic E-state index is 0.0511. The zero-order valence-corrected chi connectivity index (χ0v) is 19.4. The molecule has 0 saturated heterocycles. The molecule has 2 N–H and O–H groups in total. The molecule has 0 unspecified atom stereocenters. The van der Waals surface area contributed by atoms with Crippen LogP contribution in [0.25, 0.3) is 0 Å². The fourth-order valence-corrected chi connectivity index (χ4v) is 3.92. The lowest BCUT2D eigenvalue weighted by Gasteiger charge is -2.09. The molecule has 3 aromatic rings. The number of benzene rings is 2. The van der Waals surface area contributed by atoms with E-state index in [1.165, 1.54) is 44.7 Å². The number of sulfonamides is 1. The quantitative estimate of drug-likeness (QED) is 0.332. The van der Waals surface area contributed by atoms with Gasteiger partial charge in [-0.15, -0.1) is 0 Å². The highest BCUT2D eigenvalue weighted by molar-refractivity contribution is 7.89. The van der Waals surface area contributed by atoms with Gasteiger partial charge in [0.25, 0.3) is 0 Å². The number of rotatable bonds is 10. The molecule has 11 heteroatoms. The molecule has 0 aliphatic rings. The second-order valence-corrected chi connectivity index (χ2v) is 8.95. The molecule has 1 aromatic heterocycles. The summed E-state index contributed by atoms with van der Waals surface area (Å²) >= 11 is 5.78. The highest BCUT2D eigenvalue weighted by atomic mass is 35.5. The first-order valence-corrected chi connectivity index (χ1v) is 11.5. The van der Waals surface area contributed by atoms with E-state index in [4.69, 9.17) is 25.5 Å². The van der Waals surface area contributed by atoms with Crippen molar-refractivity contribution in [2.24, 2.45) is 5.10 Å². The summed E-state index contributed by atoms with van der Waals surface area (Å²) in [6.45, 7) is -0.0511. The van der Waals surface area contributed by atoms with Gasteiger partial charge in [-0.3, -0.25) is 4.79 Å². The van der Waals surface area contributed by atoms with Crippen LogP contribution in [0, 0.1) is 0 Å². The predicted molar refractivity (Wildman–Crippen MR) is 123 cm³/mol. The largest absolute Gasteiger partial charge is 0.493 e. The Morgan fingerprint density at radius 2 is 1.79 bits per heavy atom. The summed E-state index contributed by atoms with van der Waals surface area (Å²) < 4.78 is 43.0. The van der Waals surface area contributed by atoms with Gasteiger partial charge in [-0.05, 0) is 54.1 Å². The molecule has 0 aliphatic heterocycles. The fraction of sp³-hybridized carbons (Fsp3) is 0.182. The molecular weight excluding hydrogens is 470 g/mol. The van der Waals surface area contributed by atoms with Gasteiger partial charge in [0.15, 0.2) is 11.5 Å². The lowest BCUT2D eigenvalue weighted by atomic mass is 10.1. The smallest absolute Gasteiger partial charge is 0.244 e. The number of nitrogens with zero attached hydrogens (tertiary/aromatic N) is 1. The molecule has 0 aliphatic carbocycles. The van der Waals surface area contributed by atoms with Crippen molar-refractivity contribution in [3.05, 3.63) is 76.7 Å². The summed E-state index contributed by atoms with van der Waals surface area (Å²) in [5, 5.41) is 4.31. The Balaban J connectivity index is 1.51. The average molecular weight is 492 g/mol. The van der Waals surface area contributed by atoms with Gasteiger partial charge in [-0.1, -0.05) is 17.7 Å². The number of hydrazone groups is 1. The number of hydrogen-bond acceptors (Lipinski definition) is 7. The summed E-state index contributed by atoms with van der Waals surface area (Å²) in [7, 11) is -0.654. The molecule has 0 spiro atoms. The van der Waals surface area contributed by atoms with Crippen LogP contribution >= 0.6 is 11.6 Å². The molecular formula is C22H22ClN3O6S. The van der Waals surface area contributed by atoms with Crippen LogP contribution in [-0.4, -0.2) is 34.8 Å². The Bertz CT molecular complexity index is 1240. The van der Waals surface area contributed by atoms with Gasteiger partial charge in [0, 0.05) is 5.02 Å². The van der Waals surface area contributed by atoms with Crippen molar-refractivity contribution < 1.29 is 27.1 Å². The molecule has 33 heavy (non-hydrogen) atoms. The predicted octanol–water partition coefficient (Wildman–Crippen LogP) is 3.12. The Hall–Kier alpha value is -3.34. The second kappa shape index (κ2) is 11.0. The SMILES string of the molecule is COc1ccc(CC(=O)N/N=C\c2ccc(CNS(=O)(=O)c3ccc(Cl)cc3)o2)cc1OC. The first kappa shape index (κ1) is 24.3. The van der Waals surface area contributed by atoms with Gasteiger partial charge < -0.3 is 13.9 Å². The van der Waals surface area contributed by atoms with E-state index in [1.807, 2.05) is 0 Å². The van der Waals surface area contributed by atoms with E-state index in [1.54, 1.807) is 30.3 Å². The summed E-state index contributed by atoms with van der Waals surface area (Å²) in [5.41, 5.74) is 3.14. The minimum Gasteiger partial charge on any atom is -0.493 e. The van der Waals surface area contributed by atoms with E-state index in [0.717, 1.165) is 5.56 Å². The Morgan fingerprint density at radius 1 is 1.06 bits per heavy atom. The fourth-order valence-electron chi connectivity index (χ4n) is 2.81. The molecule has 0 atom stereocenters. The Morgan fingerprint density at radius 3 is 2.48 bits per heavy atom. The van der Waals surface area contributed by atoms with Gasteiger partial charge in [0.1, 0.15) is 11.5 Å². The maximum Gasteiger partial charge on any atom is 0.244 e. The number of carbonyl (C=O) groups is 1. The molecule has 0 bridgehead atoms. The van der Waals surface area contributed by atoms with Crippen molar-refractivity contribution >= 4 is 33.7 Å². The van der Waals surface area contributed by atoms with E-state index < -0.39 is 10.0 Å². The summed E-state index contributed by atoms with van der Waals surface area (Å²) in [6.07, 6.45) is 1.41. The van der Waals surface area contributed by atoms with Gasteiger partial charge in [-0.25, -0.2) is 18.6 Å². The first-order chi connectivity index (χ1) is 15.8. The van der Waals surface area contributed by atoms with E-state index in [2.05, 4.69) is 15.2 Å². The third-order valence-electron chi connectivity index (χ3n) is 4.44. The number of methoxy groups -OCH3 is 2. The van der Waals surface area contributed by atoms with Crippen LogP contribution in [0.2, 0.25) is 5.02 Å². The standard InChI is InChI=1S/C22H22ClN3O6S/c1-30-20-10-3-15(11-21(20)31-2)12-22(27)26-24-13-17-6-7-18(32-17)14-25-33(28,29)19-8-4-16(23)5-9-19/h3-11,13,25H,12,14H2,1-2H3,(H,26,27)/b24-13-. The van der Waals surface area contributed by atoms with Gasteiger partial charge >= 0.3 is 0 Å². The number of hydrogen-bond donors (Lipinski definition) is 2. The first-order valence-electron chi connectivity index (χ1n) is 9.67. The van der Waals surface area contributed by atoms with Gasteiger partial charge in [-0.2, -0.15) is 5.10 Å². The van der Waals surface area contributed by atoms with Crippen LogP contribution < -0.4 is 19.6 Å². The van der Waals surface area contributed by atoms with Crippen molar-refractivity contribution in [1.29, 1.82) is 0 Å². The Kier molecular flexibility index (Phi) is 8.10. The Labute approximate surface area is 196 Å². The third-order valence-corrected chi connectivity index (χ3v) is 6.11. The lowest BCUT2D eigenvalue weighted by molar-refractivity contribution is -0.120. The number of amides is 1. The van der Waals surface area contributed by atoms with Crippen LogP contribution in [0.15, 0.2) is 69.0 Å². The van der Waals surface area contributed by atoms with Crippen molar-refractivity contribution in [2.75, 3.05) is 14.2 Å². The van der Waals surface area contributed by atoms with Crippen LogP contribution in [0.3, 0.4) is 0 Å². The van der Waals surface area contributed by atoms with Crippen molar-refractivity contribution in [1.82, 2.24) is 10.1 Å². The van der Waals surface area contributed by atoms with E-state index in [9.17, 15) is 13.2 Å². The topological polar surface area (TPSA) is 119 Å². The molecule has 0 radical (unpaired) electrons. The van der Waals surface area contributed by atoms with Crippen molar-refractivity contribution in [2.45, 2.75) is 17.9 Å². The molecule has 0 fully saturated rings. The van der Waals surface area contributed by atoms with Crippen LogP contribution in [-0.2, 0) is 27.8 Å². The summed E-state index contributed by atoms with van der Waals surface area (Å²) in [6, 6.07) is 14.2. The monoisotopic (exact) mass is 491 g/mol. The van der Waals surface area contributed by atoms with E-state index in [0.29, 0.717) is 28.0 Å². The van der Waals surface area contributed by atoms with E-state index >= 15 is 0 Å². The van der Waals surface area contributed by atoms with Crippen LogP contribution in [0.1, 0.15) is 17.1 Å². The summed E-state index contributed by atoms with van der Waals surface area (Å²) in [4.78, 5) is 12.2. The molecule has 2 aromatic carbocycles. The molecule has 1 amide bonds. The normalized spacial score (nSPS) is 11.5. The molecule has 9 nitrogen and oxygen atoms in total. The highest BCUT2D eigenvalue weighted by Crippen LogP contribution is 2.27. The number of nitrogens with one attached hydrogen (secondary N) is 2. The van der Waals surface area contributed by atoms with Gasteiger partial charge in [0.05, 0.1) is 38.3 Å². The number of ether oxygens (including phenoxy) is 2. The number of halogens is 1. The van der Waals surface area contributed by atoms with Crippen molar-refractivity contribution in [3.63, 3.8) is 0 Å². The number of furan rings is 1. The minimum atomic E-state index is -3.71. The zero-order chi connectivity index (χ0) is 23.8. The zero-order valence-electron chi connectivity index (χ0n) is 17.9. The lowest BCUT2D eigenvalue weighted by Crippen LogP contribution is -2.22. The summed E-state index contributed by atoms with van der Waals surface area (Å²) in [5.74, 6) is 1.50. The molecule has 1 heterocycles. The maximum atomic E-state index is 12.3.